The quantitative estimate of drug-likeness (QED) is 0.393. The molecule has 11 nitrogen and oxygen atoms in total. The minimum absolute atomic E-state index is 0.0394. The number of carbonyl (C=O) groups excluding carboxylic acids is 2. The molecular weight excluding hydrogens is 512 g/mol. The first-order valence-electron chi connectivity index (χ1n) is 12.3. The summed E-state index contributed by atoms with van der Waals surface area (Å²) in [5, 5.41) is 3.19. The summed E-state index contributed by atoms with van der Waals surface area (Å²) in [6, 6.07) is 12.5. The molecule has 1 fully saturated rings. The zero-order chi connectivity index (χ0) is 27.3. The third-order valence-corrected chi connectivity index (χ3v) is 8.15. The third kappa shape index (κ3) is 5.87. The molecule has 0 spiro atoms. The van der Waals surface area contributed by atoms with Crippen molar-refractivity contribution in [3.63, 3.8) is 0 Å². The molecule has 38 heavy (non-hydrogen) atoms. The number of fused-ring (bicyclic) bond motifs is 1. The molecule has 1 aliphatic rings. The number of esters is 1. The van der Waals surface area contributed by atoms with Gasteiger partial charge < -0.3 is 24.7 Å². The second-order valence-corrected chi connectivity index (χ2v) is 10.5. The highest BCUT2D eigenvalue weighted by Gasteiger charge is 2.28. The lowest BCUT2D eigenvalue weighted by Crippen LogP contribution is -2.40. The molecular formula is C26H30N4O7S. The van der Waals surface area contributed by atoms with Gasteiger partial charge in [0.1, 0.15) is 0 Å². The first kappa shape index (κ1) is 27.3. The van der Waals surface area contributed by atoms with E-state index in [1.54, 1.807) is 30.3 Å². The number of sulfonamides is 1. The number of ether oxygens (including phenoxy) is 2. The summed E-state index contributed by atoms with van der Waals surface area (Å²) in [6.07, 6.45) is 0. The molecule has 1 saturated heterocycles. The summed E-state index contributed by atoms with van der Waals surface area (Å²) in [4.78, 5) is 42.2. The molecule has 0 saturated carbocycles. The zero-order valence-electron chi connectivity index (χ0n) is 21.2. The fourth-order valence-electron chi connectivity index (χ4n) is 4.32. The van der Waals surface area contributed by atoms with E-state index in [4.69, 9.17) is 9.47 Å². The van der Waals surface area contributed by atoms with Crippen LogP contribution in [0.4, 0.5) is 11.4 Å². The number of hydrogen-bond acceptors (Lipinski definition) is 8. The van der Waals surface area contributed by atoms with Crippen LogP contribution in [-0.4, -0.2) is 75.6 Å². The van der Waals surface area contributed by atoms with Gasteiger partial charge in [-0.2, -0.15) is 4.31 Å². The molecule has 2 aromatic carbocycles. The van der Waals surface area contributed by atoms with Crippen LogP contribution in [0.1, 0.15) is 24.2 Å². The van der Waals surface area contributed by atoms with E-state index in [1.807, 2.05) is 18.7 Å². The number of benzene rings is 2. The molecule has 1 amide bonds. The van der Waals surface area contributed by atoms with Crippen LogP contribution >= 0.6 is 0 Å². The Kier molecular flexibility index (Phi) is 8.45. The Balaban J connectivity index is 1.55. The van der Waals surface area contributed by atoms with Crippen LogP contribution in [0, 0.1) is 0 Å². The smallest absolute Gasteiger partial charge is 0.339 e. The van der Waals surface area contributed by atoms with Crippen molar-refractivity contribution in [1.82, 2.24) is 9.29 Å². The number of morpholine rings is 1. The molecule has 4 rings (SSSR count). The second kappa shape index (κ2) is 11.8. The van der Waals surface area contributed by atoms with Gasteiger partial charge in [-0.25, -0.2) is 13.2 Å². The van der Waals surface area contributed by atoms with E-state index < -0.39 is 34.1 Å². The molecule has 1 aromatic heterocycles. The highest BCUT2D eigenvalue weighted by atomic mass is 32.2. The van der Waals surface area contributed by atoms with E-state index >= 15 is 0 Å². The molecule has 0 atom stereocenters. The summed E-state index contributed by atoms with van der Waals surface area (Å²) in [7, 11) is -3.80. The molecule has 0 aliphatic carbocycles. The number of aromatic nitrogens is 1. The number of H-pyrrole nitrogens is 1. The van der Waals surface area contributed by atoms with Gasteiger partial charge in [-0.1, -0.05) is 18.2 Å². The van der Waals surface area contributed by atoms with Crippen LogP contribution in [0.5, 0.6) is 0 Å². The monoisotopic (exact) mass is 542 g/mol. The van der Waals surface area contributed by atoms with Crippen LogP contribution < -0.4 is 15.8 Å². The number of anilines is 2. The van der Waals surface area contributed by atoms with Crippen LogP contribution in [0.25, 0.3) is 10.9 Å². The van der Waals surface area contributed by atoms with E-state index in [0.717, 1.165) is 6.07 Å². The molecule has 1 aliphatic heterocycles. The van der Waals surface area contributed by atoms with Crippen molar-refractivity contribution in [3.05, 3.63) is 64.4 Å². The minimum Gasteiger partial charge on any atom is -0.452 e. The van der Waals surface area contributed by atoms with Crippen molar-refractivity contribution in [1.29, 1.82) is 0 Å². The Morgan fingerprint density at radius 1 is 1.08 bits per heavy atom. The van der Waals surface area contributed by atoms with E-state index in [2.05, 4.69) is 10.3 Å². The van der Waals surface area contributed by atoms with Crippen molar-refractivity contribution < 1.29 is 27.5 Å². The molecule has 3 aromatic rings. The molecule has 0 bridgehead atoms. The lowest BCUT2D eigenvalue weighted by atomic mass is 10.1. The Morgan fingerprint density at radius 3 is 2.50 bits per heavy atom. The summed E-state index contributed by atoms with van der Waals surface area (Å²) < 4.78 is 38.2. The lowest BCUT2D eigenvalue weighted by Gasteiger charge is -2.28. The number of para-hydroxylation sites is 1. The van der Waals surface area contributed by atoms with E-state index in [1.165, 1.54) is 16.4 Å². The van der Waals surface area contributed by atoms with Crippen molar-refractivity contribution in [3.8, 4) is 0 Å². The maximum absolute atomic E-state index is 13.2. The number of nitrogens with zero attached hydrogens (tertiary/aromatic N) is 2. The van der Waals surface area contributed by atoms with Crippen molar-refractivity contribution in [2.24, 2.45) is 0 Å². The summed E-state index contributed by atoms with van der Waals surface area (Å²) in [6.45, 7) is 5.63. The first-order chi connectivity index (χ1) is 18.2. The average Bonchev–Trinajstić information content (AvgIpc) is 2.93. The number of amides is 1. The number of hydrogen-bond donors (Lipinski definition) is 2. The summed E-state index contributed by atoms with van der Waals surface area (Å²) in [5.74, 6) is -1.48. The minimum atomic E-state index is -3.80. The maximum Gasteiger partial charge on any atom is 0.339 e. The summed E-state index contributed by atoms with van der Waals surface area (Å²) in [5.41, 5.74) is 0.960. The van der Waals surface area contributed by atoms with Gasteiger partial charge in [0, 0.05) is 43.1 Å². The van der Waals surface area contributed by atoms with Crippen LogP contribution in [-0.2, 0) is 24.3 Å². The zero-order valence-corrected chi connectivity index (χ0v) is 22.0. The Morgan fingerprint density at radius 2 is 1.79 bits per heavy atom. The fraction of sp³-hybridized carbons (Fsp3) is 0.346. The predicted octanol–water partition coefficient (Wildman–Crippen LogP) is 2.19. The fourth-order valence-corrected chi connectivity index (χ4v) is 5.76. The van der Waals surface area contributed by atoms with Gasteiger partial charge in [-0.15, -0.1) is 0 Å². The largest absolute Gasteiger partial charge is 0.452 e. The number of pyridine rings is 1. The number of rotatable bonds is 9. The Labute approximate surface area is 220 Å². The Hall–Kier alpha value is -3.74. The van der Waals surface area contributed by atoms with Crippen molar-refractivity contribution >= 4 is 44.2 Å². The van der Waals surface area contributed by atoms with Gasteiger partial charge >= 0.3 is 5.97 Å². The molecule has 0 radical (unpaired) electrons. The lowest BCUT2D eigenvalue weighted by molar-refractivity contribution is -0.119. The van der Waals surface area contributed by atoms with Gasteiger partial charge in [-0.05, 0) is 38.1 Å². The average molecular weight is 543 g/mol. The van der Waals surface area contributed by atoms with E-state index in [-0.39, 0.29) is 29.2 Å². The van der Waals surface area contributed by atoms with Crippen LogP contribution in [0.2, 0.25) is 0 Å². The van der Waals surface area contributed by atoms with Crippen molar-refractivity contribution in [2.45, 2.75) is 18.7 Å². The highest BCUT2D eigenvalue weighted by molar-refractivity contribution is 7.89. The van der Waals surface area contributed by atoms with Crippen LogP contribution in [0.3, 0.4) is 0 Å². The van der Waals surface area contributed by atoms with E-state index in [0.29, 0.717) is 42.9 Å². The molecule has 12 heteroatoms. The topological polar surface area (TPSA) is 138 Å². The first-order valence-corrected chi connectivity index (χ1v) is 13.7. The van der Waals surface area contributed by atoms with Gasteiger partial charge in [-0.3, -0.25) is 9.59 Å². The molecule has 2 N–H and O–H groups in total. The number of nitrogens with one attached hydrogen (secondary N) is 2. The second-order valence-electron chi connectivity index (χ2n) is 8.58. The standard InChI is InChI=1S/C26H30N4O7S/c1-3-29(4-2)23-10-9-18(38(34,35)30-11-13-36-14-12-30)15-22(23)28-25(32)17-37-26(33)20-16-24(31)27-21-8-6-5-7-19(20)21/h5-10,15-16H,3-4,11-14,17H2,1-2H3,(H,27,31)(H,28,32). The number of carbonyl (C=O) groups is 2. The normalized spacial score (nSPS) is 14.3. The molecule has 202 valence electrons. The number of aromatic amines is 1. The molecule has 2 heterocycles. The van der Waals surface area contributed by atoms with Gasteiger partial charge in [0.2, 0.25) is 15.6 Å². The SMILES string of the molecule is CCN(CC)c1ccc(S(=O)(=O)N2CCOCC2)cc1NC(=O)COC(=O)c1cc(=O)[nH]c2ccccc12. The van der Waals surface area contributed by atoms with Crippen molar-refractivity contribution in [2.75, 3.05) is 56.2 Å². The van der Waals surface area contributed by atoms with E-state index in [9.17, 15) is 22.8 Å². The maximum atomic E-state index is 13.2. The third-order valence-electron chi connectivity index (χ3n) is 6.26. The van der Waals surface area contributed by atoms with Gasteiger partial charge in [0.25, 0.3) is 5.91 Å². The van der Waals surface area contributed by atoms with Crippen LogP contribution in [0.15, 0.2) is 58.2 Å². The van der Waals surface area contributed by atoms with Gasteiger partial charge in [0.15, 0.2) is 6.61 Å². The highest BCUT2D eigenvalue weighted by Crippen LogP contribution is 2.30. The Bertz CT molecular complexity index is 1490. The molecule has 0 unspecified atom stereocenters. The van der Waals surface area contributed by atoms with Gasteiger partial charge in [0.05, 0.1) is 35.0 Å². The summed E-state index contributed by atoms with van der Waals surface area (Å²) >= 11 is 0. The predicted molar refractivity (Wildman–Crippen MR) is 143 cm³/mol.